The summed E-state index contributed by atoms with van der Waals surface area (Å²) in [4.78, 5) is 6.63. The molecule has 0 bridgehead atoms. The van der Waals surface area contributed by atoms with Gasteiger partial charge < -0.3 is 24.7 Å². The maximum absolute atomic E-state index is 6.01. The predicted octanol–water partition coefficient (Wildman–Crippen LogP) is 2.91. The zero-order valence-corrected chi connectivity index (χ0v) is 16.7. The lowest BCUT2D eigenvalue weighted by Gasteiger charge is -2.19. The van der Waals surface area contributed by atoms with Crippen molar-refractivity contribution in [1.29, 1.82) is 0 Å². The van der Waals surface area contributed by atoms with Crippen molar-refractivity contribution in [1.82, 2.24) is 15.5 Å². The smallest absolute Gasteiger partial charge is 0.191 e. The lowest BCUT2D eigenvalue weighted by atomic mass is 10.2. The van der Waals surface area contributed by atoms with Crippen LogP contribution in [0.4, 0.5) is 0 Å². The van der Waals surface area contributed by atoms with Gasteiger partial charge in [0.1, 0.15) is 18.1 Å². The van der Waals surface area contributed by atoms with Gasteiger partial charge in [0.05, 0.1) is 6.26 Å². The lowest BCUT2D eigenvalue weighted by Crippen LogP contribution is -2.37. The third-order valence-electron chi connectivity index (χ3n) is 4.45. The molecule has 0 radical (unpaired) electrons. The van der Waals surface area contributed by atoms with Crippen molar-refractivity contribution in [3.8, 4) is 5.75 Å². The second-order valence-corrected chi connectivity index (χ2v) is 6.16. The Kier molecular flexibility index (Phi) is 9.27. The molecule has 0 spiro atoms. The minimum Gasteiger partial charge on any atom is -0.492 e. The van der Waals surface area contributed by atoms with Crippen LogP contribution in [-0.4, -0.2) is 50.7 Å². The molecule has 2 rings (SSSR count). The van der Waals surface area contributed by atoms with Gasteiger partial charge in [-0.25, -0.2) is 0 Å². The van der Waals surface area contributed by atoms with Gasteiger partial charge >= 0.3 is 0 Å². The highest BCUT2D eigenvalue weighted by molar-refractivity contribution is 5.79. The predicted molar refractivity (Wildman–Crippen MR) is 110 cm³/mol. The van der Waals surface area contributed by atoms with Gasteiger partial charge in [-0.1, -0.05) is 32.0 Å². The van der Waals surface area contributed by atoms with Gasteiger partial charge in [-0.2, -0.15) is 0 Å². The first-order chi connectivity index (χ1) is 13.3. The van der Waals surface area contributed by atoms with E-state index < -0.39 is 0 Å². The van der Waals surface area contributed by atoms with E-state index in [-0.39, 0.29) is 0 Å². The standard InChI is InChI=1S/C21H32N4O2/c1-4-25(5-2)14-16-27-20-11-7-6-9-18(20)17-24-21(22-3)23-13-12-19-10-8-15-26-19/h6-11,15H,4-5,12-14,16-17H2,1-3H3,(H2,22,23,24). The van der Waals surface area contributed by atoms with Gasteiger partial charge in [-0.05, 0) is 31.3 Å². The summed E-state index contributed by atoms with van der Waals surface area (Å²) in [5.74, 6) is 2.65. The molecule has 1 heterocycles. The number of rotatable bonds is 11. The van der Waals surface area contributed by atoms with E-state index in [9.17, 15) is 0 Å². The average molecular weight is 373 g/mol. The Hall–Kier alpha value is -2.47. The van der Waals surface area contributed by atoms with Gasteiger partial charge in [-0.15, -0.1) is 0 Å². The number of benzene rings is 1. The molecule has 148 valence electrons. The molecule has 0 amide bonds. The van der Waals surface area contributed by atoms with E-state index in [1.54, 1.807) is 13.3 Å². The molecular weight excluding hydrogens is 340 g/mol. The fourth-order valence-corrected chi connectivity index (χ4v) is 2.77. The molecule has 27 heavy (non-hydrogen) atoms. The van der Waals surface area contributed by atoms with Crippen LogP contribution in [0.5, 0.6) is 5.75 Å². The molecule has 0 atom stereocenters. The van der Waals surface area contributed by atoms with Crippen molar-refractivity contribution in [3.05, 3.63) is 54.0 Å². The zero-order chi connectivity index (χ0) is 19.3. The first-order valence-electron chi connectivity index (χ1n) is 9.66. The molecule has 0 fully saturated rings. The number of likely N-dealkylation sites (N-methyl/N-ethyl adjacent to an activating group) is 1. The summed E-state index contributed by atoms with van der Waals surface area (Å²) in [6.07, 6.45) is 2.51. The number of hydrogen-bond acceptors (Lipinski definition) is 4. The van der Waals surface area contributed by atoms with Crippen molar-refractivity contribution >= 4 is 5.96 Å². The minimum absolute atomic E-state index is 0.655. The topological polar surface area (TPSA) is 62.0 Å². The molecule has 6 nitrogen and oxygen atoms in total. The van der Waals surface area contributed by atoms with Gasteiger partial charge in [0.15, 0.2) is 5.96 Å². The summed E-state index contributed by atoms with van der Waals surface area (Å²) in [5.41, 5.74) is 1.12. The second-order valence-electron chi connectivity index (χ2n) is 6.16. The van der Waals surface area contributed by atoms with Crippen LogP contribution >= 0.6 is 0 Å². The molecule has 1 aromatic heterocycles. The molecule has 1 aromatic carbocycles. The molecule has 0 saturated carbocycles. The lowest BCUT2D eigenvalue weighted by molar-refractivity contribution is 0.221. The first kappa shape index (κ1) is 20.8. The number of guanidine groups is 1. The SMILES string of the molecule is CCN(CC)CCOc1ccccc1CNC(=NC)NCCc1ccco1. The second kappa shape index (κ2) is 12.0. The van der Waals surface area contributed by atoms with E-state index in [4.69, 9.17) is 9.15 Å². The van der Waals surface area contributed by atoms with E-state index in [2.05, 4.69) is 40.4 Å². The van der Waals surface area contributed by atoms with E-state index in [0.717, 1.165) is 55.6 Å². The van der Waals surface area contributed by atoms with Crippen LogP contribution in [0.1, 0.15) is 25.2 Å². The normalized spacial score (nSPS) is 11.6. The van der Waals surface area contributed by atoms with Crippen LogP contribution in [0.2, 0.25) is 0 Å². The number of hydrogen-bond donors (Lipinski definition) is 2. The number of para-hydroxylation sites is 1. The van der Waals surface area contributed by atoms with Crippen molar-refractivity contribution in [2.75, 3.05) is 39.8 Å². The van der Waals surface area contributed by atoms with Crippen molar-refractivity contribution in [2.24, 2.45) is 4.99 Å². The van der Waals surface area contributed by atoms with Crippen LogP contribution in [0, 0.1) is 0 Å². The fourth-order valence-electron chi connectivity index (χ4n) is 2.77. The van der Waals surface area contributed by atoms with Crippen LogP contribution in [-0.2, 0) is 13.0 Å². The van der Waals surface area contributed by atoms with Crippen LogP contribution in [0.3, 0.4) is 0 Å². The Labute approximate surface area is 162 Å². The third-order valence-corrected chi connectivity index (χ3v) is 4.45. The van der Waals surface area contributed by atoms with E-state index >= 15 is 0 Å². The number of aliphatic imine (C=N–C) groups is 1. The maximum atomic E-state index is 6.01. The molecule has 2 N–H and O–H groups in total. The summed E-state index contributed by atoms with van der Waals surface area (Å²) in [6.45, 7) is 9.47. The van der Waals surface area contributed by atoms with Crippen molar-refractivity contribution in [3.63, 3.8) is 0 Å². The number of furan rings is 1. The first-order valence-corrected chi connectivity index (χ1v) is 9.66. The van der Waals surface area contributed by atoms with Crippen molar-refractivity contribution < 1.29 is 9.15 Å². The molecule has 6 heteroatoms. The summed E-state index contributed by atoms with van der Waals surface area (Å²) in [5, 5.41) is 6.65. The molecule has 0 aliphatic carbocycles. The Morgan fingerprint density at radius 1 is 1.11 bits per heavy atom. The highest BCUT2D eigenvalue weighted by Gasteiger charge is 2.06. The van der Waals surface area contributed by atoms with Crippen LogP contribution < -0.4 is 15.4 Å². The molecular formula is C21H32N4O2. The highest BCUT2D eigenvalue weighted by Crippen LogP contribution is 2.17. The van der Waals surface area contributed by atoms with Gasteiger partial charge in [0, 0.05) is 38.7 Å². The van der Waals surface area contributed by atoms with Crippen LogP contribution in [0.15, 0.2) is 52.1 Å². The summed E-state index contributed by atoms with van der Waals surface area (Å²) < 4.78 is 11.4. The quantitative estimate of drug-likeness (QED) is 0.469. The Morgan fingerprint density at radius 2 is 1.93 bits per heavy atom. The van der Waals surface area contributed by atoms with E-state index in [1.165, 1.54) is 0 Å². The molecule has 0 saturated heterocycles. The Balaban J connectivity index is 1.79. The fraction of sp³-hybridized carbons (Fsp3) is 0.476. The molecule has 2 aromatic rings. The number of ether oxygens (including phenoxy) is 1. The number of nitrogens with one attached hydrogen (secondary N) is 2. The monoisotopic (exact) mass is 372 g/mol. The summed E-state index contributed by atoms with van der Waals surface area (Å²) in [6, 6.07) is 12.0. The number of nitrogens with zero attached hydrogens (tertiary/aromatic N) is 2. The van der Waals surface area contributed by atoms with Gasteiger partial charge in [0.2, 0.25) is 0 Å². The summed E-state index contributed by atoms with van der Waals surface area (Å²) in [7, 11) is 1.77. The van der Waals surface area contributed by atoms with E-state index in [0.29, 0.717) is 13.2 Å². The molecule has 0 aliphatic rings. The Morgan fingerprint density at radius 3 is 2.63 bits per heavy atom. The van der Waals surface area contributed by atoms with Gasteiger partial charge in [0.25, 0.3) is 0 Å². The zero-order valence-electron chi connectivity index (χ0n) is 16.7. The third kappa shape index (κ3) is 7.35. The molecule has 0 unspecified atom stereocenters. The molecule has 0 aliphatic heterocycles. The maximum Gasteiger partial charge on any atom is 0.191 e. The van der Waals surface area contributed by atoms with Crippen LogP contribution in [0.25, 0.3) is 0 Å². The van der Waals surface area contributed by atoms with Gasteiger partial charge in [-0.3, -0.25) is 4.99 Å². The highest BCUT2D eigenvalue weighted by atomic mass is 16.5. The Bertz CT molecular complexity index is 667. The average Bonchev–Trinajstić information content (AvgIpc) is 3.22. The van der Waals surface area contributed by atoms with E-state index in [1.807, 2.05) is 30.3 Å². The van der Waals surface area contributed by atoms with Crippen molar-refractivity contribution in [2.45, 2.75) is 26.8 Å². The largest absolute Gasteiger partial charge is 0.492 e. The minimum atomic E-state index is 0.655. The summed E-state index contributed by atoms with van der Waals surface area (Å²) >= 11 is 0.